The Balaban J connectivity index is 2.68. The number of benzene rings is 1. The maximum atomic E-state index is 13.5. The van der Waals surface area contributed by atoms with E-state index in [1.807, 2.05) is 6.92 Å². The van der Waals surface area contributed by atoms with Crippen LogP contribution < -0.4 is 4.74 Å². The summed E-state index contributed by atoms with van der Waals surface area (Å²) in [6, 6.07) is 4.56. The van der Waals surface area contributed by atoms with E-state index in [0.717, 1.165) is 11.8 Å². The second-order valence-corrected chi connectivity index (χ2v) is 4.31. The first kappa shape index (κ1) is 13.6. The minimum atomic E-state index is -0.406. The van der Waals surface area contributed by atoms with Crippen molar-refractivity contribution in [3.63, 3.8) is 0 Å². The van der Waals surface area contributed by atoms with Crippen molar-refractivity contribution in [1.29, 1.82) is 0 Å². The Morgan fingerprint density at radius 2 is 2.29 bits per heavy atom. The number of halogens is 1. The summed E-state index contributed by atoms with van der Waals surface area (Å²) < 4.78 is 18.7. The number of hydrogen-bond donors (Lipinski definition) is 0. The van der Waals surface area contributed by atoms with Gasteiger partial charge in [0.1, 0.15) is 11.6 Å². The van der Waals surface area contributed by atoms with Crippen LogP contribution in [0, 0.1) is 17.7 Å². The third-order valence-corrected chi connectivity index (χ3v) is 2.52. The van der Waals surface area contributed by atoms with Crippen LogP contribution in [0.4, 0.5) is 4.39 Å². The van der Waals surface area contributed by atoms with Crippen LogP contribution in [0.3, 0.4) is 0 Å². The third kappa shape index (κ3) is 4.92. The topological polar surface area (TPSA) is 26.3 Å². The molecule has 0 N–H and O–H groups in total. The molecule has 0 aliphatic carbocycles. The van der Waals surface area contributed by atoms with E-state index in [1.54, 1.807) is 12.1 Å². The molecule has 1 rings (SSSR count). The van der Waals surface area contributed by atoms with Gasteiger partial charge in [0.2, 0.25) is 0 Å². The Kier molecular flexibility index (Phi) is 5.58. The van der Waals surface area contributed by atoms with E-state index in [-0.39, 0.29) is 5.12 Å². The lowest BCUT2D eigenvalue weighted by atomic mass is 10.2. The lowest BCUT2D eigenvalue weighted by Gasteiger charge is -2.02. The lowest BCUT2D eigenvalue weighted by molar-refractivity contribution is -0.109. The highest BCUT2D eigenvalue weighted by Crippen LogP contribution is 2.15. The predicted molar refractivity (Wildman–Crippen MR) is 67.6 cm³/mol. The average molecular weight is 252 g/mol. The molecule has 0 saturated heterocycles. The summed E-state index contributed by atoms with van der Waals surface area (Å²) in [7, 11) is 0. The molecule has 1 aromatic carbocycles. The van der Waals surface area contributed by atoms with Crippen molar-refractivity contribution in [3.05, 3.63) is 29.6 Å². The smallest absolute Gasteiger partial charge is 0.186 e. The number of thioether (sulfide) groups is 1. The maximum absolute atomic E-state index is 13.5. The zero-order valence-electron chi connectivity index (χ0n) is 9.75. The van der Waals surface area contributed by atoms with Crippen LogP contribution in [0.1, 0.15) is 19.4 Å². The standard InChI is InChI=1S/C13H13FO2S/c1-3-16-12-7-6-11(13(14)9-12)5-4-8-17-10(2)15/h6-7,9H,3,8H2,1-2H3. The first-order chi connectivity index (χ1) is 8.13. The van der Waals surface area contributed by atoms with E-state index in [1.165, 1.54) is 13.0 Å². The van der Waals surface area contributed by atoms with Crippen molar-refractivity contribution < 1.29 is 13.9 Å². The molecule has 0 bridgehead atoms. The van der Waals surface area contributed by atoms with Gasteiger partial charge in [0.25, 0.3) is 0 Å². The number of rotatable bonds is 3. The van der Waals surface area contributed by atoms with Crippen LogP contribution in [0.15, 0.2) is 18.2 Å². The second kappa shape index (κ2) is 6.97. The largest absolute Gasteiger partial charge is 0.494 e. The van der Waals surface area contributed by atoms with Gasteiger partial charge in [-0.15, -0.1) is 0 Å². The van der Waals surface area contributed by atoms with Crippen molar-refractivity contribution in [3.8, 4) is 17.6 Å². The average Bonchev–Trinajstić information content (AvgIpc) is 2.27. The summed E-state index contributed by atoms with van der Waals surface area (Å²) in [4.78, 5) is 10.6. The molecular formula is C13H13FO2S. The monoisotopic (exact) mass is 252 g/mol. The normalized spacial score (nSPS) is 9.35. The summed E-state index contributed by atoms with van der Waals surface area (Å²) in [5, 5.41) is 0.00599. The summed E-state index contributed by atoms with van der Waals surface area (Å²) in [6.45, 7) is 3.81. The summed E-state index contributed by atoms with van der Waals surface area (Å²) >= 11 is 1.11. The van der Waals surface area contributed by atoms with Crippen molar-refractivity contribution in [2.45, 2.75) is 13.8 Å². The van der Waals surface area contributed by atoms with Crippen molar-refractivity contribution in [2.75, 3.05) is 12.4 Å². The van der Waals surface area contributed by atoms with E-state index in [2.05, 4.69) is 11.8 Å². The van der Waals surface area contributed by atoms with Gasteiger partial charge in [-0.1, -0.05) is 23.6 Å². The van der Waals surface area contributed by atoms with Crippen LogP contribution in [0.2, 0.25) is 0 Å². The van der Waals surface area contributed by atoms with E-state index in [4.69, 9.17) is 4.74 Å². The number of carbonyl (C=O) groups excluding carboxylic acids is 1. The van der Waals surface area contributed by atoms with Gasteiger partial charge >= 0.3 is 0 Å². The molecule has 0 saturated carbocycles. The maximum Gasteiger partial charge on any atom is 0.186 e. The van der Waals surface area contributed by atoms with Gasteiger partial charge in [-0.05, 0) is 19.1 Å². The van der Waals surface area contributed by atoms with E-state index < -0.39 is 5.82 Å². The van der Waals surface area contributed by atoms with Crippen LogP contribution in [-0.4, -0.2) is 17.5 Å². The molecule has 0 aromatic heterocycles. The molecule has 0 unspecified atom stereocenters. The van der Waals surface area contributed by atoms with Crippen LogP contribution in [0.5, 0.6) is 5.75 Å². The Morgan fingerprint density at radius 1 is 1.53 bits per heavy atom. The van der Waals surface area contributed by atoms with Crippen molar-refractivity contribution in [1.82, 2.24) is 0 Å². The van der Waals surface area contributed by atoms with Gasteiger partial charge in [0.15, 0.2) is 5.12 Å². The van der Waals surface area contributed by atoms with Gasteiger partial charge < -0.3 is 4.74 Å². The molecule has 0 radical (unpaired) electrons. The predicted octanol–water partition coefficient (Wildman–Crippen LogP) is 2.86. The lowest BCUT2D eigenvalue weighted by Crippen LogP contribution is -1.93. The molecule has 0 aliphatic rings. The van der Waals surface area contributed by atoms with E-state index >= 15 is 0 Å². The Labute approximate surface area is 105 Å². The Bertz CT molecular complexity index is 460. The number of ether oxygens (including phenoxy) is 1. The molecule has 17 heavy (non-hydrogen) atoms. The molecule has 0 spiro atoms. The highest BCUT2D eigenvalue weighted by Gasteiger charge is 2.01. The Morgan fingerprint density at radius 3 is 2.88 bits per heavy atom. The van der Waals surface area contributed by atoms with Gasteiger partial charge in [-0.2, -0.15) is 0 Å². The molecule has 4 heteroatoms. The third-order valence-electron chi connectivity index (χ3n) is 1.82. The number of hydrogen-bond acceptors (Lipinski definition) is 3. The Hall–Kier alpha value is -1.47. The van der Waals surface area contributed by atoms with E-state index in [0.29, 0.717) is 23.7 Å². The fourth-order valence-corrected chi connectivity index (χ4v) is 1.47. The second-order valence-electron chi connectivity index (χ2n) is 3.16. The molecule has 0 atom stereocenters. The van der Waals surface area contributed by atoms with E-state index in [9.17, 15) is 9.18 Å². The van der Waals surface area contributed by atoms with Crippen molar-refractivity contribution in [2.24, 2.45) is 0 Å². The van der Waals surface area contributed by atoms with Gasteiger partial charge in [-0.3, -0.25) is 4.79 Å². The highest BCUT2D eigenvalue weighted by molar-refractivity contribution is 8.13. The number of carbonyl (C=O) groups is 1. The molecule has 1 aromatic rings. The zero-order valence-corrected chi connectivity index (χ0v) is 10.6. The van der Waals surface area contributed by atoms with Gasteiger partial charge in [0, 0.05) is 13.0 Å². The van der Waals surface area contributed by atoms with Crippen LogP contribution in [-0.2, 0) is 4.79 Å². The SMILES string of the molecule is CCOc1ccc(C#CCSC(C)=O)c(F)c1. The zero-order chi connectivity index (χ0) is 12.7. The first-order valence-electron chi connectivity index (χ1n) is 5.18. The van der Waals surface area contributed by atoms with Crippen LogP contribution in [0.25, 0.3) is 0 Å². The van der Waals surface area contributed by atoms with Gasteiger partial charge in [-0.25, -0.2) is 4.39 Å². The quantitative estimate of drug-likeness (QED) is 0.774. The molecule has 0 heterocycles. The molecule has 0 aliphatic heterocycles. The van der Waals surface area contributed by atoms with Crippen molar-refractivity contribution >= 4 is 16.9 Å². The molecule has 2 nitrogen and oxygen atoms in total. The van der Waals surface area contributed by atoms with Crippen LogP contribution >= 0.6 is 11.8 Å². The summed E-state index contributed by atoms with van der Waals surface area (Å²) in [6.07, 6.45) is 0. The first-order valence-corrected chi connectivity index (χ1v) is 6.16. The minimum absolute atomic E-state index is 0.00599. The molecular weight excluding hydrogens is 239 g/mol. The fourth-order valence-electron chi connectivity index (χ4n) is 1.12. The molecule has 90 valence electrons. The fraction of sp³-hybridized carbons (Fsp3) is 0.308. The van der Waals surface area contributed by atoms with Gasteiger partial charge in [0.05, 0.1) is 17.9 Å². The molecule has 0 fully saturated rings. The molecule has 0 amide bonds. The highest BCUT2D eigenvalue weighted by atomic mass is 32.2. The summed E-state index contributed by atoms with van der Waals surface area (Å²) in [5.74, 6) is 5.89. The summed E-state index contributed by atoms with van der Waals surface area (Å²) in [5.41, 5.74) is 0.317. The minimum Gasteiger partial charge on any atom is -0.494 e.